The van der Waals surface area contributed by atoms with E-state index in [0.29, 0.717) is 17.0 Å². The molecule has 3 rings (SSSR count). The SMILES string of the molecule is CCNc1nc(-c2sccc2C)nc2ccc(F)cc12. The van der Waals surface area contributed by atoms with Gasteiger partial charge in [-0.05, 0) is 49.1 Å². The molecule has 1 N–H and O–H groups in total. The van der Waals surface area contributed by atoms with Gasteiger partial charge in [0.2, 0.25) is 0 Å². The lowest BCUT2D eigenvalue weighted by atomic mass is 10.2. The molecule has 1 aromatic carbocycles. The van der Waals surface area contributed by atoms with Crippen LogP contribution < -0.4 is 5.32 Å². The molecule has 0 radical (unpaired) electrons. The molecule has 0 aliphatic heterocycles. The number of benzene rings is 1. The number of rotatable bonds is 3. The van der Waals surface area contributed by atoms with Gasteiger partial charge in [-0.25, -0.2) is 14.4 Å². The van der Waals surface area contributed by atoms with Crippen molar-refractivity contribution in [2.45, 2.75) is 13.8 Å². The third kappa shape index (κ3) is 2.25. The second-order valence-corrected chi connectivity index (χ2v) is 5.44. The molecule has 0 saturated heterocycles. The van der Waals surface area contributed by atoms with Gasteiger partial charge in [0, 0.05) is 11.9 Å². The van der Waals surface area contributed by atoms with Gasteiger partial charge in [-0.3, -0.25) is 0 Å². The van der Waals surface area contributed by atoms with Gasteiger partial charge in [0.15, 0.2) is 5.82 Å². The first-order valence-electron chi connectivity index (χ1n) is 6.44. The molecule has 0 fully saturated rings. The number of aromatic nitrogens is 2. The van der Waals surface area contributed by atoms with Crippen LogP contribution in [-0.2, 0) is 0 Å². The van der Waals surface area contributed by atoms with Gasteiger partial charge in [0.05, 0.1) is 10.4 Å². The van der Waals surface area contributed by atoms with Crippen LogP contribution in [0.3, 0.4) is 0 Å². The number of nitrogens with zero attached hydrogens (tertiary/aromatic N) is 2. The third-order valence-electron chi connectivity index (χ3n) is 3.07. The van der Waals surface area contributed by atoms with E-state index in [4.69, 9.17) is 0 Å². The summed E-state index contributed by atoms with van der Waals surface area (Å²) in [5, 5.41) is 5.92. The Hall–Kier alpha value is -2.01. The first-order chi connectivity index (χ1) is 9.69. The van der Waals surface area contributed by atoms with E-state index in [9.17, 15) is 4.39 Å². The Morgan fingerprint density at radius 3 is 2.80 bits per heavy atom. The molecular formula is C15H14FN3S. The quantitative estimate of drug-likeness (QED) is 0.783. The molecule has 0 atom stereocenters. The highest BCUT2D eigenvalue weighted by Crippen LogP contribution is 2.30. The van der Waals surface area contributed by atoms with Gasteiger partial charge in [-0.1, -0.05) is 0 Å². The van der Waals surface area contributed by atoms with Crippen molar-refractivity contribution in [2.75, 3.05) is 11.9 Å². The van der Waals surface area contributed by atoms with E-state index in [0.717, 1.165) is 22.5 Å². The maximum atomic E-state index is 13.4. The summed E-state index contributed by atoms with van der Waals surface area (Å²) < 4.78 is 13.4. The van der Waals surface area contributed by atoms with E-state index >= 15 is 0 Å². The summed E-state index contributed by atoms with van der Waals surface area (Å²) in [6.07, 6.45) is 0. The van der Waals surface area contributed by atoms with Crippen molar-refractivity contribution in [3.63, 3.8) is 0 Å². The zero-order valence-corrected chi connectivity index (χ0v) is 12.1. The molecular weight excluding hydrogens is 273 g/mol. The summed E-state index contributed by atoms with van der Waals surface area (Å²) in [6, 6.07) is 6.64. The second-order valence-electron chi connectivity index (χ2n) is 4.52. The highest BCUT2D eigenvalue weighted by Gasteiger charge is 2.12. The molecule has 3 nitrogen and oxygen atoms in total. The van der Waals surface area contributed by atoms with Gasteiger partial charge in [0.1, 0.15) is 11.6 Å². The molecule has 0 spiro atoms. The molecule has 0 aliphatic rings. The van der Waals surface area contributed by atoms with Crippen LogP contribution in [0.5, 0.6) is 0 Å². The summed E-state index contributed by atoms with van der Waals surface area (Å²) in [4.78, 5) is 10.2. The summed E-state index contributed by atoms with van der Waals surface area (Å²) in [6.45, 7) is 4.76. The van der Waals surface area contributed by atoms with Crippen LogP contribution in [0.15, 0.2) is 29.6 Å². The van der Waals surface area contributed by atoms with Gasteiger partial charge in [-0.2, -0.15) is 0 Å². The van der Waals surface area contributed by atoms with Crippen LogP contribution in [0.2, 0.25) is 0 Å². The molecule has 2 aromatic heterocycles. The maximum absolute atomic E-state index is 13.4. The predicted molar refractivity (Wildman–Crippen MR) is 81.7 cm³/mol. The van der Waals surface area contributed by atoms with E-state index in [1.54, 1.807) is 17.4 Å². The van der Waals surface area contributed by atoms with E-state index < -0.39 is 0 Å². The number of hydrogen-bond acceptors (Lipinski definition) is 4. The Bertz CT molecular complexity index is 767. The van der Waals surface area contributed by atoms with Crippen molar-refractivity contribution in [3.05, 3.63) is 41.0 Å². The number of thiophene rings is 1. The van der Waals surface area contributed by atoms with Crippen LogP contribution >= 0.6 is 11.3 Å². The highest BCUT2D eigenvalue weighted by atomic mass is 32.1. The van der Waals surface area contributed by atoms with Crippen molar-refractivity contribution in [3.8, 4) is 10.7 Å². The minimum atomic E-state index is -0.277. The average Bonchev–Trinajstić information content (AvgIpc) is 2.85. The van der Waals surface area contributed by atoms with Crippen molar-refractivity contribution in [1.29, 1.82) is 0 Å². The Labute approximate surface area is 120 Å². The summed E-state index contributed by atoms with van der Waals surface area (Å²) in [7, 11) is 0. The molecule has 3 aromatic rings. The highest BCUT2D eigenvalue weighted by molar-refractivity contribution is 7.13. The molecule has 0 saturated carbocycles. The fourth-order valence-electron chi connectivity index (χ4n) is 2.11. The zero-order valence-electron chi connectivity index (χ0n) is 11.3. The van der Waals surface area contributed by atoms with Crippen LogP contribution in [0, 0.1) is 12.7 Å². The van der Waals surface area contributed by atoms with E-state index in [1.165, 1.54) is 12.1 Å². The van der Waals surface area contributed by atoms with E-state index in [1.807, 2.05) is 25.3 Å². The largest absolute Gasteiger partial charge is 0.370 e. The number of anilines is 1. The summed E-state index contributed by atoms with van der Waals surface area (Å²) in [5.74, 6) is 1.09. The smallest absolute Gasteiger partial charge is 0.172 e. The molecule has 0 bridgehead atoms. The molecule has 2 heterocycles. The lowest BCUT2D eigenvalue weighted by Crippen LogP contribution is -2.03. The second kappa shape index (κ2) is 5.17. The Balaban J connectivity index is 2.25. The molecule has 20 heavy (non-hydrogen) atoms. The number of nitrogens with one attached hydrogen (secondary N) is 1. The standard InChI is InChI=1S/C15H14FN3S/c1-3-17-14-11-8-10(16)4-5-12(11)18-15(19-14)13-9(2)6-7-20-13/h4-8H,3H2,1-2H3,(H,17,18,19). The minimum Gasteiger partial charge on any atom is -0.370 e. The first-order valence-corrected chi connectivity index (χ1v) is 7.32. The number of aryl methyl sites for hydroxylation is 1. The van der Waals surface area contributed by atoms with Crippen molar-refractivity contribution < 1.29 is 4.39 Å². The minimum absolute atomic E-state index is 0.277. The molecule has 0 amide bonds. The van der Waals surface area contributed by atoms with Crippen molar-refractivity contribution in [1.82, 2.24) is 9.97 Å². The van der Waals surface area contributed by atoms with E-state index in [2.05, 4.69) is 15.3 Å². The predicted octanol–water partition coefficient (Wildman–Crippen LogP) is 4.24. The maximum Gasteiger partial charge on any atom is 0.172 e. The van der Waals surface area contributed by atoms with Gasteiger partial charge in [0.25, 0.3) is 0 Å². The van der Waals surface area contributed by atoms with Crippen LogP contribution in [0.1, 0.15) is 12.5 Å². The third-order valence-corrected chi connectivity index (χ3v) is 4.08. The van der Waals surface area contributed by atoms with Crippen LogP contribution in [0.25, 0.3) is 21.6 Å². The lowest BCUT2D eigenvalue weighted by Gasteiger charge is -2.09. The first kappa shape index (κ1) is 13.0. The van der Waals surface area contributed by atoms with Crippen LogP contribution in [-0.4, -0.2) is 16.5 Å². The number of hydrogen-bond donors (Lipinski definition) is 1. The fraction of sp³-hybridized carbons (Fsp3) is 0.200. The molecule has 102 valence electrons. The van der Waals surface area contributed by atoms with Crippen molar-refractivity contribution >= 4 is 28.1 Å². The van der Waals surface area contributed by atoms with E-state index in [-0.39, 0.29) is 5.82 Å². The van der Waals surface area contributed by atoms with Crippen molar-refractivity contribution in [2.24, 2.45) is 0 Å². The molecule has 0 aliphatic carbocycles. The number of fused-ring (bicyclic) bond motifs is 1. The monoisotopic (exact) mass is 287 g/mol. The molecule has 0 unspecified atom stereocenters. The fourth-order valence-corrected chi connectivity index (χ4v) is 2.97. The Morgan fingerprint density at radius 1 is 1.25 bits per heavy atom. The number of halogens is 1. The Morgan fingerprint density at radius 2 is 2.10 bits per heavy atom. The topological polar surface area (TPSA) is 37.8 Å². The molecule has 5 heteroatoms. The van der Waals surface area contributed by atoms with Crippen LogP contribution in [0.4, 0.5) is 10.2 Å². The average molecular weight is 287 g/mol. The van der Waals surface area contributed by atoms with Gasteiger partial charge < -0.3 is 5.32 Å². The summed E-state index contributed by atoms with van der Waals surface area (Å²) in [5.41, 5.74) is 1.90. The summed E-state index contributed by atoms with van der Waals surface area (Å²) >= 11 is 1.61. The Kier molecular flexibility index (Phi) is 3.36. The van der Waals surface area contributed by atoms with Gasteiger partial charge in [-0.15, -0.1) is 11.3 Å². The normalized spacial score (nSPS) is 10.9. The lowest BCUT2D eigenvalue weighted by molar-refractivity contribution is 0.629. The zero-order chi connectivity index (χ0) is 14.1. The van der Waals surface area contributed by atoms with Gasteiger partial charge >= 0.3 is 0 Å².